The number of unbranched alkanes of at least 4 members (excludes halogenated alkanes) is 2. The van der Waals surface area contributed by atoms with Crippen LogP contribution in [0.5, 0.6) is 0 Å². The van der Waals surface area contributed by atoms with E-state index in [4.69, 9.17) is 4.98 Å². The molecule has 7 heteroatoms. The Balaban J connectivity index is 1.89. The zero-order valence-corrected chi connectivity index (χ0v) is 26.5. The van der Waals surface area contributed by atoms with Gasteiger partial charge in [-0.3, -0.25) is 4.90 Å². The summed E-state index contributed by atoms with van der Waals surface area (Å²) in [6.45, 7) is 10.8. The standard InChI is InChI=1S/C37H45N3O4/c1-5-9-21-39(24-28-23-31(36(41)42)30(8-4)33(37(43)44)29(28)7-3)25-32-34(26-17-13-11-14-18-26)38-35(40(32)22-10-6-2)27-19-15-12-16-20-27/h11-20,23H,5-10,21-22,24-25H2,1-4H3,(H,41,42)(H,43,44). The van der Waals surface area contributed by atoms with Gasteiger partial charge < -0.3 is 14.8 Å². The van der Waals surface area contributed by atoms with E-state index in [0.29, 0.717) is 37.1 Å². The lowest BCUT2D eigenvalue weighted by Crippen LogP contribution is -2.27. The number of hydrogen-bond donors (Lipinski definition) is 2. The third-order valence-electron chi connectivity index (χ3n) is 8.27. The minimum Gasteiger partial charge on any atom is -0.478 e. The number of rotatable bonds is 16. The number of imidazole rings is 1. The van der Waals surface area contributed by atoms with Crippen molar-refractivity contribution in [2.45, 2.75) is 85.9 Å². The maximum atomic E-state index is 12.5. The number of carboxylic acids is 2. The van der Waals surface area contributed by atoms with E-state index < -0.39 is 11.9 Å². The molecule has 2 N–H and O–H groups in total. The molecule has 0 amide bonds. The van der Waals surface area contributed by atoms with Crippen molar-refractivity contribution in [3.05, 3.63) is 100 Å². The molecule has 0 bridgehead atoms. The number of aromatic carboxylic acids is 2. The molecule has 0 unspecified atom stereocenters. The lowest BCUT2D eigenvalue weighted by molar-refractivity contribution is 0.0694. The Labute approximate surface area is 261 Å². The van der Waals surface area contributed by atoms with Gasteiger partial charge in [-0.05, 0) is 55.0 Å². The fourth-order valence-corrected chi connectivity index (χ4v) is 6.07. The second-order valence-electron chi connectivity index (χ2n) is 11.3. The zero-order chi connectivity index (χ0) is 31.6. The van der Waals surface area contributed by atoms with Gasteiger partial charge in [0.05, 0.1) is 22.5 Å². The van der Waals surface area contributed by atoms with E-state index in [2.05, 4.69) is 47.6 Å². The molecule has 7 nitrogen and oxygen atoms in total. The first kappa shape index (κ1) is 32.7. The van der Waals surface area contributed by atoms with Crippen LogP contribution in [0.2, 0.25) is 0 Å². The normalized spacial score (nSPS) is 11.3. The summed E-state index contributed by atoms with van der Waals surface area (Å²) in [5.74, 6) is -1.23. The highest BCUT2D eigenvalue weighted by molar-refractivity contribution is 5.98. The molecule has 0 fully saturated rings. The minimum atomic E-state index is -1.09. The van der Waals surface area contributed by atoms with Crippen molar-refractivity contribution in [1.29, 1.82) is 0 Å². The van der Waals surface area contributed by atoms with Gasteiger partial charge in [0.1, 0.15) is 5.82 Å². The van der Waals surface area contributed by atoms with Gasteiger partial charge in [0.2, 0.25) is 0 Å². The van der Waals surface area contributed by atoms with Crippen LogP contribution in [-0.4, -0.2) is 43.1 Å². The highest BCUT2D eigenvalue weighted by Crippen LogP contribution is 2.32. The molecule has 1 aromatic heterocycles. The maximum absolute atomic E-state index is 12.5. The van der Waals surface area contributed by atoms with Gasteiger partial charge in [-0.15, -0.1) is 0 Å². The largest absolute Gasteiger partial charge is 0.478 e. The van der Waals surface area contributed by atoms with Crippen LogP contribution in [0.1, 0.15) is 96.5 Å². The Hall–Kier alpha value is -4.23. The Kier molecular flexibility index (Phi) is 11.5. The summed E-state index contributed by atoms with van der Waals surface area (Å²) in [6, 6.07) is 22.3. The molecule has 0 saturated carbocycles. The number of nitrogens with zero attached hydrogens (tertiary/aromatic N) is 3. The number of carbonyl (C=O) groups is 2. The quantitative estimate of drug-likeness (QED) is 0.135. The van der Waals surface area contributed by atoms with Gasteiger partial charge in [0, 0.05) is 30.8 Å². The Morgan fingerprint density at radius 1 is 0.773 bits per heavy atom. The van der Waals surface area contributed by atoms with E-state index in [9.17, 15) is 19.8 Å². The van der Waals surface area contributed by atoms with E-state index in [1.807, 2.05) is 50.2 Å². The van der Waals surface area contributed by atoms with Crippen LogP contribution < -0.4 is 0 Å². The molecule has 0 spiro atoms. The first-order valence-corrected chi connectivity index (χ1v) is 15.9. The predicted molar refractivity (Wildman–Crippen MR) is 176 cm³/mol. The SMILES string of the molecule is CCCCN(Cc1cc(C(=O)O)c(CC)c(C(=O)O)c1CC)Cc1c(-c2ccccc2)nc(-c2ccccc2)n1CCCC. The smallest absolute Gasteiger partial charge is 0.336 e. The van der Waals surface area contributed by atoms with Crippen LogP contribution in [0.15, 0.2) is 66.7 Å². The summed E-state index contributed by atoms with van der Waals surface area (Å²) in [4.78, 5) is 32.4. The van der Waals surface area contributed by atoms with E-state index in [1.54, 1.807) is 6.07 Å². The highest BCUT2D eigenvalue weighted by Gasteiger charge is 2.26. The predicted octanol–water partition coefficient (Wildman–Crippen LogP) is 8.34. The van der Waals surface area contributed by atoms with Crippen LogP contribution in [0, 0.1) is 0 Å². The van der Waals surface area contributed by atoms with Crippen molar-refractivity contribution in [2.75, 3.05) is 6.54 Å². The van der Waals surface area contributed by atoms with E-state index >= 15 is 0 Å². The lowest BCUT2D eigenvalue weighted by atomic mass is 9.88. The number of benzene rings is 3. The summed E-state index contributed by atoms with van der Waals surface area (Å²) in [5, 5.41) is 20.3. The van der Waals surface area contributed by atoms with Crippen LogP contribution in [-0.2, 0) is 32.5 Å². The number of hydrogen-bond acceptors (Lipinski definition) is 4. The molecule has 0 radical (unpaired) electrons. The molecule has 232 valence electrons. The Morgan fingerprint density at radius 3 is 1.93 bits per heavy atom. The molecule has 0 aliphatic carbocycles. The number of aromatic nitrogens is 2. The lowest BCUT2D eigenvalue weighted by Gasteiger charge is -2.26. The Morgan fingerprint density at radius 2 is 1.39 bits per heavy atom. The molecule has 44 heavy (non-hydrogen) atoms. The number of carboxylic acid groups (broad SMARTS) is 2. The molecule has 0 saturated heterocycles. The molecule has 3 aromatic carbocycles. The van der Waals surface area contributed by atoms with Crippen LogP contribution in [0.4, 0.5) is 0 Å². The van der Waals surface area contributed by atoms with Gasteiger partial charge in [0.25, 0.3) is 0 Å². The van der Waals surface area contributed by atoms with Crippen molar-refractivity contribution in [2.24, 2.45) is 0 Å². The molecular formula is C37H45N3O4. The molecule has 4 rings (SSSR count). The second kappa shape index (κ2) is 15.5. The zero-order valence-electron chi connectivity index (χ0n) is 26.5. The topological polar surface area (TPSA) is 95.7 Å². The maximum Gasteiger partial charge on any atom is 0.336 e. The summed E-state index contributed by atoms with van der Waals surface area (Å²) in [7, 11) is 0. The fraction of sp³-hybridized carbons (Fsp3) is 0.378. The summed E-state index contributed by atoms with van der Waals surface area (Å²) < 4.78 is 2.35. The average Bonchev–Trinajstić information content (AvgIpc) is 3.40. The van der Waals surface area contributed by atoms with Crippen LogP contribution >= 0.6 is 0 Å². The summed E-state index contributed by atoms with van der Waals surface area (Å²) in [5.41, 5.74) is 6.26. The van der Waals surface area contributed by atoms with Crippen molar-refractivity contribution in [3.8, 4) is 22.6 Å². The molecular weight excluding hydrogens is 550 g/mol. The van der Waals surface area contributed by atoms with Crippen molar-refractivity contribution in [1.82, 2.24) is 14.5 Å². The third kappa shape index (κ3) is 7.28. The van der Waals surface area contributed by atoms with Gasteiger partial charge >= 0.3 is 11.9 Å². The molecule has 0 atom stereocenters. The van der Waals surface area contributed by atoms with Crippen LogP contribution in [0.3, 0.4) is 0 Å². The fourth-order valence-electron chi connectivity index (χ4n) is 6.07. The van der Waals surface area contributed by atoms with Gasteiger partial charge in [-0.1, -0.05) is 101 Å². The summed E-state index contributed by atoms with van der Waals surface area (Å²) >= 11 is 0. The van der Waals surface area contributed by atoms with Crippen LogP contribution in [0.25, 0.3) is 22.6 Å². The molecule has 4 aromatic rings. The first-order valence-electron chi connectivity index (χ1n) is 15.9. The first-order chi connectivity index (χ1) is 21.3. The second-order valence-corrected chi connectivity index (χ2v) is 11.3. The summed E-state index contributed by atoms with van der Waals surface area (Å²) in [6.07, 6.45) is 4.87. The van der Waals surface area contributed by atoms with E-state index in [0.717, 1.165) is 72.7 Å². The van der Waals surface area contributed by atoms with E-state index in [-0.39, 0.29) is 11.1 Å². The Bertz CT molecular complexity index is 1560. The average molecular weight is 596 g/mol. The van der Waals surface area contributed by atoms with Gasteiger partial charge in [0.15, 0.2) is 0 Å². The van der Waals surface area contributed by atoms with Gasteiger partial charge in [-0.2, -0.15) is 0 Å². The highest BCUT2D eigenvalue weighted by atomic mass is 16.4. The van der Waals surface area contributed by atoms with Crippen molar-refractivity contribution >= 4 is 11.9 Å². The van der Waals surface area contributed by atoms with Crippen molar-refractivity contribution < 1.29 is 19.8 Å². The monoisotopic (exact) mass is 595 g/mol. The molecule has 0 aliphatic heterocycles. The third-order valence-corrected chi connectivity index (χ3v) is 8.27. The van der Waals surface area contributed by atoms with E-state index in [1.165, 1.54) is 0 Å². The molecule has 0 aliphatic rings. The van der Waals surface area contributed by atoms with Crippen molar-refractivity contribution in [3.63, 3.8) is 0 Å². The molecule has 1 heterocycles. The van der Waals surface area contributed by atoms with Gasteiger partial charge in [-0.25, -0.2) is 14.6 Å². The minimum absolute atomic E-state index is 0.0804.